The molecule has 0 fully saturated rings. The molecule has 0 aromatic rings. The molecule has 3 heteroatoms. The first-order valence-electron chi connectivity index (χ1n) is 2.15. The van der Waals surface area contributed by atoms with E-state index in [2.05, 4.69) is 0 Å². The van der Waals surface area contributed by atoms with Crippen LogP contribution in [-0.2, 0) is 0 Å². The Morgan fingerprint density at radius 3 is 1.38 bits per heavy atom. The molecule has 0 heterocycles. The molecule has 0 unspecified atom stereocenters. The predicted octanol–water partition coefficient (Wildman–Crippen LogP) is -0.142. The quantitative estimate of drug-likeness (QED) is 0.387. The average Bonchev–Trinajstić information content (AvgIpc) is 1.27. The van der Waals surface area contributed by atoms with Gasteiger partial charge in [-0.15, -0.1) is 0 Å². The summed E-state index contributed by atoms with van der Waals surface area (Å²) in [7, 11) is 0. The molecule has 0 aliphatic heterocycles. The Kier molecular flexibility index (Phi) is 7.50. The molecule has 2 N–H and O–H groups in total. The molecule has 0 aromatic heterocycles. The van der Waals surface area contributed by atoms with E-state index in [1.54, 1.807) is 13.8 Å². The molecule has 0 aromatic carbocycles. The molecule has 1 radical (unpaired) electrons. The molecule has 0 aliphatic rings. The van der Waals surface area contributed by atoms with Crippen molar-refractivity contribution in [1.29, 1.82) is 0 Å². The van der Waals surface area contributed by atoms with Crippen molar-refractivity contribution in [3.05, 3.63) is 0 Å². The summed E-state index contributed by atoms with van der Waals surface area (Å²) < 4.78 is 0. The summed E-state index contributed by atoms with van der Waals surface area (Å²) in [5.41, 5.74) is 0. The molecule has 0 aliphatic carbocycles. The monoisotopic (exact) mass is 308 g/mol. The Bertz CT molecular complexity index is 86.6. The van der Waals surface area contributed by atoms with Crippen LogP contribution in [0.3, 0.4) is 0 Å². The molecular weight excluding hydrogens is 296 g/mol. The number of rotatable bonds is 2. The van der Waals surface area contributed by atoms with Gasteiger partial charge in [-0.2, -0.15) is 0 Å². The van der Waals surface area contributed by atoms with Crippen molar-refractivity contribution in [2.75, 3.05) is 0 Å². The molecular formula is C5H11O2Tl+2. The Morgan fingerprint density at radius 2 is 1.38 bits per heavy atom. The van der Waals surface area contributed by atoms with Gasteiger partial charge in [0.05, 0.1) is 0 Å². The molecule has 0 saturated heterocycles. The molecule has 0 atom stereocenters. The van der Waals surface area contributed by atoms with E-state index in [-0.39, 0.29) is 38.9 Å². The fourth-order valence-corrected chi connectivity index (χ4v) is 0.370. The fourth-order valence-electron chi connectivity index (χ4n) is 0.370. The molecule has 0 amide bonds. The first kappa shape index (κ1) is 11.1. The van der Waals surface area contributed by atoms with E-state index >= 15 is 0 Å². The first-order chi connectivity index (χ1) is 3.13. The van der Waals surface area contributed by atoms with E-state index in [1.165, 1.54) is 0 Å². The topological polar surface area (TPSA) is 42.8 Å². The van der Waals surface area contributed by atoms with Gasteiger partial charge in [0.1, 0.15) is 0 Å². The molecule has 0 rings (SSSR count). The fraction of sp³-hybridized carbons (Fsp3) is 0.600. The molecule has 0 saturated carbocycles. The molecule has 2 nitrogen and oxygen atoms in total. The summed E-state index contributed by atoms with van der Waals surface area (Å²) in [4.78, 5) is 16.9. The van der Waals surface area contributed by atoms with Gasteiger partial charge in [0, 0.05) is 13.8 Å². The zero-order valence-corrected chi connectivity index (χ0v) is 10.8. The Balaban J connectivity index is 0. The van der Waals surface area contributed by atoms with Gasteiger partial charge in [-0.1, -0.05) is 0 Å². The van der Waals surface area contributed by atoms with E-state index < -0.39 is 0 Å². The Labute approximate surface area is 68.8 Å². The van der Waals surface area contributed by atoms with E-state index in [4.69, 9.17) is 9.59 Å². The molecule has 0 bridgehead atoms. The molecule has 44 valence electrons. The third kappa shape index (κ3) is 9.55. The maximum atomic E-state index is 8.46. The average molecular weight is 308 g/mol. The van der Waals surface area contributed by atoms with Crippen LogP contribution in [0.2, 0.25) is 0 Å². The van der Waals surface area contributed by atoms with Crippen LogP contribution in [0, 0.1) is 0 Å². The van der Waals surface area contributed by atoms with E-state index in [0.29, 0.717) is 6.42 Å². The van der Waals surface area contributed by atoms with Crippen molar-refractivity contribution in [1.82, 2.24) is 0 Å². The third-order valence-corrected chi connectivity index (χ3v) is 0.512. The van der Waals surface area contributed by atoms with Gasteiger partial charge in [0.15, 0.2) is 6.42 Å². The summed E-state index contributed by atoms with van der Waals surface area (Å²) in [6.45, 7) is 3.11. The van der Waals surface area contributed by atoms with Crippen molar-refractivity contribution >= 4 is 38.9 Å². The minimum absolute atomic E-state index is 0. The van der Waals surface area contributed by atoms with Gasteiger partial charge < -0.3 is 0 Å². The summed E-state index contributed by atoms with van der Waals surface area (Å²) in [6.07, 6.45) is 0.306. The van der Waals surface area contributed by atoms with E-state index in [1.807, 2.05) is 0 Å². The third-order valence-electron chi connectivity index (χ3n) is 0.512. The van der Waals surface area contributed by atoms with Gasteiger partial charge in [0.2, 0.25) is 0 Å². The molecule has 0 spiro atoms. The second-order valence-electron chi connectivity index (χ2n) is 1.65. The van der Waals surface area contributed by atoms with Gasteiger partial charge in [-0.25, -0.2) is 0 Å². The second-order valence-corrected chi connectivity index (χ2v) is 1.65. The van der Waals surface area contributed by atoms with Crippen molar-refractivity contribution in [2.45, 2.75) is 20.3 Å². The van der Waals surface area contributed by atoms with Crippen LogP contribution in [0.25, 0.3) is 0 Å². The molecule has 8 heavy (non-hydrogen) atoms. The van der Waals surface area contributed by atoms with Crippen LogP contribution in [-0.4, -0.2) is 48.5 Å². The number of hydrogen-bond donors (Lipinski definition) is 0. The number of hydrogen-bond acceptors (Lipinski definition) is 0. The number of carbonyl (C=O) groups excluding carboxylic acids is 2. The van der Waals surface area contributed by atoms with Crippen molar-refractivity contribution in [3.8, 4) is 0 Å². The van der Waals surface area contributed by atoms with Crippen LogP contribution in [0.15, 0.2) is 0 Å². The van der Waals surface area contributed by atoms with Crippen LogP contribution in [0.4, 0.5) is 0 Å². The van der Waals surface area contributed by atoms with Crippen LogP contribution in [0.1, 0.15) is 20.3 Å². The number of ketones is 2. The van der Waals surface area contributed by atoms with E-state index in [9.17, 15) is 0 Å². The van der Waals surface area contributed by atoms with Gasteiger partial charge in [-0.3, -0.25) is 9.59 Å². The normalized spacial score (nSPS) is 7.25. The van der Waals surface area contributed by atoms with Crippen molar-refractivity contribution in [3.63, 3.8) is 0 Å². The van der Waals surface area contributed by atoms with Crippen LogP contribution < -0.4 is 0 Å². The maximum absolute atomic E-state index is 8.46. The Hall–Kier alpha value is 0.262. The summed E-state index contributed by atoms with van der Waals surface area (Å²) in [5.74, 6) is 0.500. The van der Waals surface area contributed by atoms with Crippen LogP contribution in [0.5, 0.6) is 0 Å². The minimum atomic E-state index is 0. The summed E-state index contributed by atoms with van der Waals surface area (Å²) >= 11 is 0. The van der Waals surface area contributed by atoms with Gasteiger partial charge >= 0.3 is 38.9 Å². The summed E-state index contributed by atoms with van der Waals surface area (Å²) in [6, 6.07) is 0. The Morgan fingerprint density at radius 1 is 1.12 bits per heavy atom. The summed E-state index contributed by atoms with van der Waals surface area (Å²) in [5, 5.41) is 0. The zero-order valence-electron chi connectivity index (χ0n) is 5.31. The SMILES string of the molecule is CC(=[OH+])CC(C)=[OH+].[TlH]. The standard InChI is InChI=1S/C5H8O2.Tl.H/c1-4(6)3-5(2)7;;/h3H2,1-2H3;;/p+2. The predicted molar refractivity (Wildman–Crippen MR) is 37.0 cm³/mol. The van der Waals surface area contributed by atoms with Crippen molar-refractivity contribution in [2.24, 2.45) is 0 Å². The second kappa shape index (κ2) is 5.40. The van der Waals surface area contributed by atoms with E-state index in [0.717, 1.165) is 0 Å². The van der Waals surface area contributed by atoms with Gasteiger partial charge in [-0.05, 0) is 0 Å². The van der Waals surface area contributed by atoms with Gasteiger partial charge in [0.25, 0.3) is 0 Å². The van der Waals surface area contributed by atoms with Crippen molar-refractivity contribution < 1.29 is 9.59 Å². The first-order valence-corrected chi connectivity index (χ1v) is 2.15. The zero-order chi connectivity index (χ0) is 5.86. The van der Waals surface area contributed by atoms with Crippen LogP contribution >= 0.6 is 0 Å².